The fourth-order valence-corrected chi connectivity index (χ4v) is 10.1. The van der Waals surface area contributed by atoms with E-state index in [9.17, 15) is 0 Å². The van der Waals surface area contributed by atoms with Gasteiger partial charge in [0.25, 0.3) is 0 Å². The maximum Gasteiger partial charge on any atom is 0.238 e. The van der Waals surface area contributed by atoms with Crippen molar-refractivity contribution in [1.29, 1.82) is 0 Å². The molecule has 0 saturated carbocycles. The van der Waals surface area contributed by atoms with Crippen molar-refractivity contribution in [2.24, 2.45) is 0 Å². The molecule has 0 amide bonds. The van der Waals surface area contributed by atoms with E-state index >= 15 is 0 Å². The molecular formula is C65H43N11. The first-order valence-corrected chi connectivity index (χ1v) is 25.1. The van der Waals surface area contributed by atoms with Crippen LogP contribution in [0.15, 0.2) is 224 Å². The highest BCUT2D eigenvalue weighted by molar-refractivity contribution is 6.11. The molecule has 14 aromatic rings. The lowest BCUT2D eigenvalue weighted by Crippen LogP contribution is -2.06. The van der Waals surface area contributed by atoms with E-state index in [0.29, 0.717) is 52.7 Å². The number of aryl methyl sites for hydroxylation is 2. The minimum Gasteiger partial charge on any atom is -0.278 e. The van der Waals surface area contributed by atoms with E-state index in [1.807, 2.05) is 152 Å². The molecule has 9 aromatic carbocycles. The summed E-state index contributed by atoms with van der Waals surface area (Å²) >= 11 is 0. The van der Waals surface area contributed by atoms with Crippen molar-refractivity contribution >= 4 is 43.6 Å². The van der Waals surface area contributed by atoms with E-state index in [4.69, 9.17) is 44.9 Å². The number of fused-ring (bicyclic) bond motifs is 6. The Morgan fingerprint density at radius 2 is 0.461 bits per heavy atom. The van der Waals surface area contributed by atoms with Crippen molar-refractivity contribution in [3.05, 3.63) is 236 Å². The van der Waals surface area contributed by atoms with Crippen molar-refractivity contribution in [3.8, 4) is 91.6 Å². The molecule has 0 radical (unpaired) electrons. The van der Waals surface area contributed by atoms with E-state index in [-0.39, 0.29) is 0 Å². The van der Waals surface area contributed by atoms with Gasteiger partial charge in [0.15, 0.2) is 40.8 Å². The third kappa shape index (κ3) is 7.90. The first kappa shape index (κ1) is 44.3. The Hall–Kier alpha value is -10.4. The summed E-state index contributed by atoms with van der Waals surface area (Å²) in [6.07, 6.45) is 0. The van der Waals surface area contributed by atoms with Gasteiger partial charge in [-0.15, -0.1) is 0 Å². The maximum absolute atomic E-state index is 5.32. The predicted octanol–water partition coefficient (Wildman–Crippen LogP) is 14.7. The third-order valence-corrected chi connectivity index (χ3v) is 13.8. The van der Waals surface area contributed by atoms with Crippen LogP contribution in [0, 0.1) is 13.8 Å². The molecule has 0 aliphatic heterocycles. The van der Waals surface area contributed by atoms with Crippen molar-refractivity contribution in [2.75, 3.05) is 0 Å². The molecule has 5 aromatic heterocycles. The van der Waals surface area contributed by atoms with E-state index in [2.05, 4.69) is 95.8 Å². The highest BCUT2D eigenvalue weighted by Gasteiger charge is 2.23. The molecule has 0 atom stereocenters. The lowest BCUT2D eigenvalue weighted by Gasteiger charge is -2.11. The van der Waals surface area contributed by atoms with Gasteiger partial charge in [0, 0.05) is 60.5 Å². The van der Waals surface area contributed by atoms with Gasteiger partial charge in [0.05, 0.1) is 22.1 Å². The van der Waals surface area contributed by atoms with Crippen LogP contribution < -0.4 is 0 Å². The molecule has 0 N–H and O–H groups in total. The fraction of sp³-hybridized carbons (Fsp3) is 0.0308. The van der Waals surface area contributed by atoms with Gasteiger partial charge in [-0.2, -0.15) is 19.9 Å². The summed E-state index contributed by atoms with van der Waals surface area (Å²) < 4.78 is 4.27. The van der Waals surface area contributed by atoms with Crippen LogP contribution >= 0.6 is 0 Å². The molecule has 5 heterocycles. The lowest BCUT2D eigenvalue weighted by atomic mass is 10.1. The molecule has 0 spiro atoms. The standard InChI is InChI=1S/C65H43N11/c1-40-28-32-53-49(36-40)51-38-47(30-34-55(51)75(53)64-71-58(43-20-10-4-11-21-43)68-59(72-64)44-22-12-5-13-23-44)62-66-57(42-18-8-3-9-19-42)67-63(70-62)48-31-35-56-52(39-48)50-37-41(2)29-33-54(50)76(56)65-73-60(45-24-14-6-15-25-45)69-61(74-65)46-26-16-7-17-27-46/h3-39H,1-2H3. The van der Waals surface area contributed by atoms with Gasteiger partial charge in [-0.1, -0.05) is 175 Å². The van der Waals surface area contributed by atoms with Crippen LogP contribution in [0.3, 0.4) is 0 Å². The Morgan fingerprint density at radius 3 is 0.750 bits per heavy atom. The predicted molar refractivity (Wildman–Crippen MR) is 303 cm³/mol. The summed E-state index contributed by atoms with van der Waals surface area (Å²) in [5, 5.41) is 4.13. The Bertz CT molecular complexity index is 4140. The molecule has 11 heteroatoms. The Balaban J connectivity index is 0.943. The second kappa shape index (κ2) is 18.3. The van der Waals surface area contributed by atoms with Gasteiger partial charge >= 0.3 is 0 Å². The number of rotatable bonds is 9. The fourth-order valence-electron chi connectivity index (χ4n) is 10.1. The van der Waals surface area contributed by atoms with E-state index in [0.717, 1.165) is 93.7 Å². The molecule has 0 aliphatic rings. The second-order valence-electron chi connectivity index (χ2n) is 18.9. The Kier molecular flexibility index (Phi) is 10.7. The number of hydrogen-bond donors (Lipinski definition) is 0. The highest BCUT2D eigenvalue weighted by Crippen LogP contribution is 2.38. The van der Waals surface area contributed by atoms with Crippen molar-refractivity contribution < 1.29 is 0 Å². The third-order valence-electron chi connectivity index (χ3n) is 13.8. The minimum atomic E-state index is 0.522. The first-order chi connectivity index (χ1) is 37.5. The van der Waals surface area contributed by atoms with Crippen molar-refractivity contribution in [2.45, 2.75) is 13.8 Å². The average molecular weight is 978 g/mol. The smallest absolute Gasteiger partial charge is 0.238 e. The second-order valence-corrected chi connectivity index (χ2v) is 18.9. The number of hydrogen-bond acceptors (Lipinski definition) is 9. The van der Waals surface area contributed by atoms with E-state index in [1.165, 1.54) is 0 Å². The molecule has 14 rings (SSSR count). The molecule has 0 fully saturated rings. The summed E-state index contributed by atoms with van der Waals surface area (Å²) in [5.74, 6) is 5.06. The quantitative estimate of drug-likeness (QED) is 0.139. The van der Waals surface area contributed by atoms with Crippen LogP contribution in [0.2, 0.25) is 0 Å². The highest BCUT2D eigenvalue weighted by atomic mass is 15.2. The lowest BCUT2D eigenvalue weighted by molar-refractivity contribution is 0.953. The molecule has 76 heavy (non-hydrogen) atoms. The first-order valence-electron chi connectivity index (χ1n) is 25.1. The van der Waals surface area contributed by atoms with Crippen LogP contribution in [0.4, 0.5) is 0 Å². The Labute approximate surface area is 436 Å². The van der Waals surface area contributed by atoms with Crippen LogP contribution in [0.5, 0.6) is 0 Å². The summed E-state index contributed by atoms with van der Waals surface area (Å²) in [5.41, 5.74) is 12.2. The van der Waals surface area contributed by atoms with E-state index < -0.39 is 0 Å². The maximum atomic E-state index is 5.32. The zero-order chi connectivity index (χ0) is 50.7. The number of aromatic nitrogens is 11. The summed E-state index contributed by atoms with van der Waals surface area (Å²) in [4.78, 5) is 46.3. The largest absolute Gasteiger partial charge is 0.278 e. The average Bonchev–Trinajstić information content (AvgIpc) is 4.00. The normalized spacial score (nSPS) is 11.6. The molecule has 0 aliphatic carbocycles. The zero-order valence-corrected chi connectivity index (χ0v) is 41.3. The van der Waals surface area contributed by atoms with Crippen molar-refractivity contribution in [1.82, 2.24) is 54.0 Å². The van der Waals surface area contributed by atoms with Crippen LogP contribution in [0.25, 0.3) is 135 Å². The SMILES string of the molecule is Cc1ccc2c(c1)c1cc(-c3nc(-c4ccccc4)nc(-c4ccc5c(c4)c4cc(C)ccc4n5-c4nc(-c5ccccc5)nc(-c5ccccc5)n4)n3)ccc1n2-c1nc(-c2ccccc2)nc(-c2ccccc2)n1. The topological polar surface area (TPSA) is 126 Å². The zero-order valence-electron chi connectivity index (χ0n) is 41.3. The molecule has 0 bridgehead atoms. The van der Waals surface area contributed by atoms with Gasteiger partial charge in [0.2, 0.25) is 11.9 Å². The Morgan fingerprint density at radius 1 is 0.224 bits per heavy atom. The monoisotopic (exact) mass is 977 g/mol. The van der Waals surface area contributed by atoms with Gasteiger partial charge in [-0.05, 0) is 74.5 Å². The minimum absolute atomic E-state index is 0.522. The molecule has 0 unspecified atom stereocenters. The molecular weight excluding hydrogens is 935 g/mol. The summed E-state index contributed by atoms with van der Waals surface area (Å²) in [6.45, 7) is 4.23. The van der Waals surface area contributed by atoms with Crippen molar-refractivity contribution in [3.63, 3.8) is 0 Å². The number of nitrogens with zero attached hydrogens (tertiary/aromatic N) is 11. The molecule has 11 nitrogen and oxygen atoms in total. The van der Waals surface area contributed by atoms with Gasteiger partial charge < -0.3 is 0 Å². The van der Waals surface area contributed by atoms with Gasteiger partial charge in [-0.3, -0.25) is 9.13 Å². The summed E-state index contributed by atoms with van der Waals surface area (Å²) in [7, 11) is 0. The van der Waals surface area contributed by atoms with Crippen LogP contribution in [0.1, 0.15) is 11.1 Å². The van der Waals surface area contributed by atoms with Crippen LogP contribution in [-0.2, 0) is 0 Å². The number of benzene rings is 9. The van der Waals surface area contributed by atoms with E-state index in [1.54, 1.807) is 0 Å². The summed E-state index contributed by atoms with van der Waals surface area (Å²) in [6, 6.07) is 76.1. The van der Waals surface area contributed by atoms with Crippen LogP contribution in [-0.4, -0.2) is 54.0 Å². The van der Waals surface area contributed by atoms with Gasteiger partial charge in [0.1, 0.15) is 0 Å². The molecule has 358 valence electrons. The molecule has 0 saturated heterocycles. The van der Waals surface area contributed by atoms with Gasteiger partial charge in [-0.25, -0.2) is 24.9 Å².